The van der Waals surface area contributed by atoms with Crippen molar-refractivity contribution in [2.75, 3.05) is 43.4 Å². The molecule has 0 amide bonds. The maximum absolute atomic E-state index is 6.19. The van der Waals surface area contributed by atoms with Crippen molar-refractivity contribution in [3.63, 3.8) is 0 Å². The van der Waals surface area contributed by atoms with Crippen molar-refractivity contribution < 1.29 is 0 Å². The van der Waals surface area contributed by atoms with E-state index in [9.17, 15) is 0 Å². The molecule has 0 spiro atoms. The van der Waals surface area contributed by atoms with Crippen LogP contribution in [-0.4, -0.2) is 48.1 Å². The molecule has 144 valence electrons. The van der Waals surface area contributed by atoms with E-state index in [0.29, 0.717) is 5.02 Å². The highest BCUT2D eigenvalue weighted by atomic mass is 35.5. The van der Waals surface area contributed by atoms with Gasteiger partial charge in [0, 0.05) is 48.5 Å². The van der Waals surface area contributed by atoms with Crippen LogP contribution >= 0.6 is 11.6 Å². The Kier molecular flexibility index (Phi) is 5.46. The van der Waals surface area contributed by atoms with Gasteiger partial charge in [-0.1, -0.05) is 48.0 Å². The summed E-state index contributed by atoms with van der Waals surface area (Å²) >= 11 is 6.19. The van der Waals surface area contributed by atoms with E-state index in [1.807, 2.05) is 42.5 Å². The summed E-state index contributed by atoms with van der Waals surface area (Å²) in [6.07, 6.45) is 0. The van der Waals surface area contributed by atoms with Gasteiger partial charge < -0.3 is 15.1 Å². The lowest BCUT2D eigenvalue weighted by Crippen LogP contribution is -2.45. The number of aryl methyl sites for hydroxylation is 1. The van der Waals surface area contributed by atoms with E-state index in [1.165, 1.54) is 0 Å². The van der Waals surface area contributed by atoms with Crippen LogP contribution in [0, 0.1) is 6.92 Å². The van der Waals surface area contributed by atoms with Gasteiger partial charge in [0.25, 0.3) is 0 Å². The van der Waals surface area contributed by atoms with Crippen LogP contribution < -0.4 is 10.2 Å². The van der Waals surface area contributed by atoms with Crippen LogP contribution in [0.15, 0.2) is 54.6 Å². The minimum Gasteiger partial charge on any atom is -0.340 e. The predicted molar refractivity (Wildman–Crippen MR) is 117 cm³/mol. The molecule has 4 rings (SSSR count). The van der Waals surface area contributed by atoms with Crippen LogP contribution in [0.5, 0.6) is 0 Å². The van der Waals surface area contributed by atoms with Crippen molar-refractivity contribution in [2.24, 2.45) is 0 Å². The Hall–Kier alpha value is -2.63. The number of halogens is 1. The summed E-state index contributed by atoms with van der Waals surface area (Å²) in [5, 5.41) is 4.14. The fourth-order valence-electron chi connectivity index (χ4n) is 3.27. The average Bonchev–Trinajstić information content (AvgIpc) is 2.72. The van der Waals surface area contributed by atoms with E-state index < -0.39 is 0 Å². The molecule has 0 unspecified atom stereocenters. The molecule has 2 aromatic carbocycles. The molecule has 6 heteroatoms. The topological polar surface area (TPSA) is 44.3 Å². The molecule has 1 aliphatic heterocycles. The summed E-state index contributed by atoms with van der Waals surface area (Å²) in [5.41, 5.74) is 4.05. The third kappa shape index (κ3) is 4.26. The Morgan fingerprint density at radius 3 is 2.43 bits per heavy atom. The van der Waals surface area contributed by atoms with Crippen molar-refractivity contribution in [3.05, 3.63) is 65.2 Å². The first-order valence-corrected chi connectivity index (χ1v) is 9.87. The molecule has 0 radical (unpaired) electrons. The lowest BCUT2D eigenvalue weighted by molar-refractivity contribution is 0.311. The number of anilines is 3. The van der Waals surface area contributed by atoms with Crippen molar-refractivity contribution in [1.82, 2.24) is 14.9 Å². The minimum atomic E-state index is 0.699. The third-order valence-electron chi connectivity index (χ3n) is 5.03. The van der Waals surface area contributed by atoms with E-state index >= 15 is 0 Å². The van der Waals surface area contributed by atoms with Crippen molar-refractivity contribution in [3.8, 4) is 11.3 Å². The molecule has 2 heterocycles. The standard InChI is InChI=1S/C22H24ClN5/c1-16-8-9-18(23)14-19(16)24-21-15-20(17-6-4-3-5-7-17)25-22(26-21)28-12-10-27(2)11-13-28/h3-9,14-15H,10-13H2,1-2H3,(H,24,25,26). The van der Waals surface area contributed by atoms with Crippen molar-refractivity contribution in [2.45, 2.75) is 6.92 Å². The van der Waals surface area contributed by atoms with Gasteiger partial charge in [-0.2, -0.15) is 4.98 Å². The molecule has 1 aliphatic rings. The SMILES string of the molecule is Cc1ccc(Cl)cc1Nc1cc(-c2ccccc2)nc(N2CCN(C)CC2)n1. The summed E-state index contributed by atoms with van der Waals surface area (Å²) in [4.78, 5) is 14.3. The Bertz CT molecular complexity index is 952. The molecule has 5 nitrogen and oxygen atoms in total. The van der Waals surface area contributed by atoms with Gasteiger partial charge in [-0.05, 0) is 31.7 Å². The molecule has 3 aromatic rings. The number of nitrogens with one attached hydrogen (secondary N) is 1. The number of rotatable bonds is 4. The van der Waals surface area contributed by atoms with Gasteiger partial charge in [0.05, 0.1) is 5.69 Å². The zero-order valence-corrected chi connectivity index (χ0v) is 16.9. The molecular weight excluding hydrogens is 370 g/mol. The van der Waals surface area contributed by atoms with E-state index in [2.05, 4.69) is 41.2 Å². The molecule has 1 saturated heterocycles. The number of likely N-dealkylation sites (N-methyl/N-ethyl adjacent to an activating group) is 1. The first kappa shape index (κ1) is 18.7. The Labute approximate surface area is 171 Å². The van der Waals surface area contributed by atoms with Crippen LogP contribution in [0.2, 0.25) is 5.02 Å². The van der Waals surface area contributed by atoms with E-state index in [4.69, 9.17) is 21.6 Å². The van der Waals surface area contributed by atoms with Crippen LogP contribution in [0.1, 0.15) is 5.56 Å². The minimum absolute atomic E-state index is 0.699. The maximum atomic E-state index is 6.19. The van der Waals surface area contributed by atoms with Gasteiger partial charge in [0.2, 0.25) is 5.95 Å². The van der Waals surface area contributed by atoms with E-state index in [-0.39, 0.29) is 0 Å². The smallest absolute Gasteiger partial charge is 0.227 e. The number of benzene rings is 2. The zero-order valence-electron chi connectivity index (χ0n) is 16.2. The van der Waals surface area contributed by atoms with Crippen LogP contribution in [0.3, 0.4) is 0 Å². The number of nitrogens with zero attached hydrogens (tertiary/aromatic N) is 4. The summed E-state index contributed by atoms with van der Waals surface area (Å²) < 4.78 is 0. The maximum Gasteiger partial charge on any atom is 0.227 e. The molecule has 1 aromatic heterocycles. The molecule has 0 saturated carbocycles. The first-order chi connectivity index (χ1) is 13.6. The Morgan fingerprint density at radius 2 is 1.68 bits per heavy atom. The Balaban J connectivity index is 1.72. The number of hydrogen-bond donors (Lipinski definition) is 1. The highest BCUT2D eigenvalue weighted by molar-refractivity contribution is 6.30. The van der Waals surface area contributed by atoms with E-state index in [1.54, 1.807) is 0 Å². The fraction of sp³-hybridized carbons (Fsp3) is 0.273. The fourth-order valence-corrected chi connectivity index (χ4v) is 3.44. The van der Waals surface area contributed by atoms with Crippen LogP contribution in [0.25, 0.3) is 11.3 Å². The molecule has 0 aliphatic carbocycles. The first-order valence-electron chi connectivity index (χ1n) is 9.50. The van der Waals surface area contributed by atoms with Gasteiger partial charge in [0.1, 0.15) is 5.82 Å². The third-order valence-corrected chi connectivity index (χ3v) is 5.27. The number of piperazine rings is 1. The number of aromatic nitrogens is 2. The van der Waals surface area contributed by atoms with Gasteiger partial charge in [-0.3, -0.25) is 0 Å². The van der Waals surface area contributed by atoms with Gasteiger partial charge in [0.15, 0.2) is 0 Å². The monoisotopic (exact) mass is 393 g/mol. The predicted octanol–water partition coefficient (Wildman–Crippen LogP) is 4.60. The quantitative estimate of drug-likeness (QED) is 0.701. The lowest BCUT2D eigenvalue weighted by atomic mass is 10.1. The summed E-state index contributed by atoms with van der Waals surface area (Å²) in [6, 6.07) is 18.0. The summed E-state index contributed by atoms with van der Waals surface area (Å²) in [5.74, 6) is 1.53. The van der Waals surface area contributed by atoms with Crippen molar-refractivity contribution >= 4 is 29.1 Å². The molecule has 1 N–H and O–H groups in total. The second-order valence-corrected chi connectivity index (χ2v) is 7.62. The van der Waals surface area contributed by atoms with Crippen molar-refractivity contribution in [1.29, 1.82) is 0 Å². The van der Waals surface area contributed by atoms with Crippen LogP contribution in [-0.2, 0) is 0 Å². The average molecular weight is 394 g/mol. The largest absolute Gasteiger partial charge is 0.340 e. The molecule has 0 atom stereocenters. The molecule has 1 fully saturated rings. The summed E-state index contributed by atoms with van der Waals surface area (Å²) in [7, 11) is 2.15. The zero-order chi connectivity index (χ0) is 19.5. The molecule has 28 heavy (non-hydrogen) atoms. The van der Waals surface area contributed by atoms with Gasteiger partial charge >= 0.3 is 0 Å². The van der Waals surface area contributed by atoms with E-state index in [0.717, 1.165) is 60.5 Å². The lowest BCUT2D eigenvalue weighted by Gasteiger charge is -2.32. The highest BCUT2D eigenvalue weighted by Crippen LogP contribution is 2.28. The second-order valence-electron chi connectivity index (χ2n) is 7.18. The summed E-state index contributed by atoms with van der Waals surface area (Å²) in [6.45, 7) is 5.91. The highest BCUT2D eigenvalue weighted by Gasteiger charge is 2.18. The normalized spacial score (nSPS) is 14.9. The molecular formula is C22H24ClN5. The van der Waals surface area contributed by atoms with Gasteiger partial charge in [-0.15, -0.1) is 0 Å². The Morgan fingerprint density at radius 1 is 0.929 bits per heavy atom. The van der Waals surface area contributed by atoms with Gasteiger partial charge in [-0.25, -0.2) is 4.98 Å². The molecule has 0 bridgehead atoms. The second kappa shape index (κ2) is 8.17. The number of hydrogen-bond acceptors (Lipinski definition) is 5. The van der Waals surface area contributed by atoms with Crippen LogP contribution in [0.4, 0.5) is 17.5 Å².